The lowest BCUT2D eigenvalue weighted by atomic mass is 9.90. The number of aryl methyl sites for hydroxylation is 2. The van der Waals surface area contributed by atoms with Crippen LogP contribution in [0.5, 0.6) is 5.75 Å². The highest BCUT2D eigenvalue weighted by Crippen LogP contribution is 2.49. The number of aliphatic hydroxyl groups excluding tert-OH is 1. The Morgan fingerprint density at radius 3 is 2.22 bits per heavy atom. The van der Waals surface area contributed by atoms with Gasteiger partial charge in [-0.15, -0.1) is 11.8 Å². The molecule has 0 unspecified atom stereocenters. The van der Waals surface area contributed by atoms with E-state index in [0.29, 0.717) is 5.75 Å². The van der Waals surface area contributed by atoms with E-state index in [1.54, 1.807) is 18.7 Å². The fourth-order valence-electron chi connectivity index (χ4n) is 3.89. The molecule has 1 aliphatic carbocycles. The van der Waals surface area contributed by atoms with Crippen molar-refractivity contribution in [3.63, 3.8) is 0 Å². The quantitative estimate of drug-likeness (QED) is 0.541. The van der Waals surface area contributed by atoms with Crippen LogP contribution >= 0.6 is 11.8 Å². The van der Waals surface area contributed by atoms with Crippen molar-refractivity contribution in [2.75, 3.05) is 0 Å². The molecule has 0 spiro atoms. The van der Waals surface area contributed by atoms with Crippen molar-refractivity contribution in [1.29, 1.82) is 0 Å². The highest BCUT2D eigenvalue weighted by atomic mass is 32.2. The normalized spacial score (nSPS) is 18.1. The van der Waals surface area contributed by atoms with Gasteiger partial charge in [-0.2, -0.15) is 0 Å². The van der Waals surface area contributed by atoms with Gasteiger partial charge in [0.1, 0.15) is 5.75 Å². The van der Waals surface area contributed by atoms with E-state index in [4.69, 9.17) is 4.74 Å². The summed E-state index contributed by atoms with van der Waals surface area (Å²) in [5, 5.41) is 11.2. The van der Waals surface area contributed by atoms with Crippen molar-refractivity contribution < 1.29 is 14.6 Å². The maximum Gasteiger partial charge on any atom is 0.316 e. The molecule has 2 aromatic rings. The van der Waals surface area contributed by atoms with Crippen LogP contribution in [0.15, 0.2) is 53.4 Å². The number of para-hydroxylation sites is 1. The lowest BCUT2D eigenvalue weighted by molar-refractivity contribution is -0.142. The molecular weight excluding hydrogens is 356 g/mol. The minimum Gasteiger partial charge on any atom is -0.426 e. The molecule has 0 aliphatic heterocycles. The largest absolute Gasteiger partial charge is 0.426 e. The highest BCUT2D eigenvalue weighted by molar-refractivity contribution is 8.00. The average molecular weight is 385 g/mol. The molecular formula is C23H28O3S. The molecule has 1 N–H and O–H groups in total. The van der Waals surface area contributed by atoms with Crippen LogP contribution < -0.4 is 4.74 Å². The van der Waals surface area contributed by atoms with Crippen LogP contribution in [0.4, 0.5) is 0 Å². The van der Waals surface area contributed by atoms with Crippen molar-refractivity contribution in [3.05, 3.63) is 59.7 Å². The number of benzene rings is 2. The first kappa shape index (κ1) is 20.0. The third-order valence-electron chi connectivity index (χ3n) is 5.51. The fourth-order valence-corrected chi connectivity index (χ4v) is 5.47. The SMILES string of the molecule is Cc1cccc(C)c1OC(=O)[C@H](C)[C@H](O)C1(Sc2ccccc2)CCCC1. The van der Waals surface area contributed by atoms with Gasteiger partial charge >= 0.3 is 5.97 Å². The molecule has 2 aromatic carbocycles. The van der Waals surface area contributed by atoms with Crippen LogP contribution in [0.25, 0.3) is 0 Å². The van der Waals surface area contributed by atoms with Gasteiger partial charge < -0.3 is 9.84 Å². The van der Waals surface area contributed by atoms with Crippen molar-refractivity contribution in [2.45, 2.75) is 62.2 Å². The minimum absolute atomic E-state index is 0.333. The van der Waals surface area contributed by atoms with Gasteiger partial charge in [0.05, 0.1) is 12.0 Å². The number of ether oxygens (including phenoxy) is 1. The van der Waals surface area contributed by atoms with Gasteiger partial charge in [0.15, 0.2) is 0 Å². The first-order valence-electron chi connectivity index (χ1n) is 9.63. The smallest absolute Gasteiger partial charge is 0.316 e. The van der Waals surface area contributed by atoms with Gasteiger partial charge in [0.2, 0.25) is 0 Å². The molecule has 27 heavy (non-hydrogen) atoms. The topological polar surface area (TPSA) is 46.5 Å². The standard InChI is InChI=1S/C23H28O3S/c1-16-10-9-11-17(2)20(16)26-22(25)18(3)21(24)23(14-7-8-15-23)27-19-12-5-4-6-13-19/h4-6,9-13,18,21,24H,7-8,14-15H2,1-3H3/t18-,21+/m1/s1. The van der Waals surface area contributed by atoms with Crippen LogP contribution in [-0.4, -0.2) is 21.9 Å². The zero-order valence-corrected chi connectivity index (χ0v) is 17.1. The summed E-state index contributed by atoms with van der Waals surface area (Å²) >= 11 is 1.71. The first-order chi connectivity index (χ1) is 12.9. The molecule has 1 fully saturated rings. The van der Waals surface area contributed by atoms with Gasteiger partial charge in [0, 0.05) is 9.64 Å². The van der Waals surface area contributed by atoms with E-state index in [2.05, 4.69) is 12.1 Å². The van der Waals surface area contributed by atoms with Gasteiger partial charge in [-0.1, -0.05) is 49.2 Å². The average Bonchev–Trinajstić information content (AvgIpc) is 3.14. The van der Waals surface area contributed by atoms with Gasteiger partial charge in [-0.05, 0) is 56.9 Å². The molecule has 0 radical (unpaired) electrons. The second-order valence-corrected chi connectivity index (χ2v) is 9.05. The van der Waals surface area contributed by atoms with E-state index in [1.165, 1.54) is 0 Å². The Labute approximate surface area is 166 Å². The van der Waals surface area contributed by atoms with E-state index in [-0.39, 0.29) is 10.7 Å². The summed E-state index contributed by atoms with van der Waals surface area (Å²) in [6.45, 7) is 5.65. The molecule has 0 amide bonds. The third kappa shape index (κ3) is 4.39. The molecule has 0 heterocycles. The van der Waals surface area contributed by atoms with Crippen LogP contribution in [0.1, 0.15) is 43.7 Å². The number of aliphatic hydroxyl groups is 1. The monoisotopic (exact) mass is 384 g/mol. The van der Waals surface area contributed by atoms with E-state index in [9.17, 15) is 9.90 Å². The van der Waals surface area contributed by atoms with Crippen LogP contribution in [0, 0.1) is 19.8 Å². The van der Waals surface area contributed by atoms with Crippen LogP contribution in [0.3, 0.4) is 0 Å². The predicted molar refractivity (Wildman–Crippen MR) is 110 cm³/mol. The zero-order chi connectivity index (χ0) is 19.4. The van der Waals surface area contributed by atoms with Crippen LogP contribution in [0.2, 0.25) is 0 Å². The Hall–Kier alpha value is -1.78. The maximum atomic E-state index is 12.8. The molecule has 2 atom stereocenters. The maximum absolute atomic E-state index is 12.8. The van der Waals surface area contributed by atoms with Gasteiger partial charge in [-0.3, -0.25) is 4.79 Å². The number of hydrogen-bond donors (Lipinski definition) is 1. The Kier molecular flexibility index (Phi) is 6.28. The summed E-state index contributed by atoms with van der Waals surface area (Å²) in [4.78, 5) is 14.0. The Bertz CT molecular complexity index is 761. The summed E-state index contributed by atoms with van der Waals surface area (Å²) in [5.41, 5.74) is 1.86. The summed E-state index contributed by atoms with van der Waals surface area (Å²) in [6, 6.07) is 16.0. The minimum atomic E-state index is -0.748. The van der Waals surface area contributed by atoms with E-state index in [0.717, 1.165) is 41.7 Å². The van der Waals surface area contributed by atoms with Crippen LogP contribution in [-0.2, 0) is 4.79 Å². The van der Waals surface area contributed by atoms with Crippen molar-refractivity contribution >= 4 is 17.7 Å². The number of carbonyl (C=O) groups excluding carboxylic acids is 1. The molecule has 0 aromatic heterocycles. The van der Waals surface area contributed by atoms with Crippen molar-refractivity contribution in [1.82, 2.24) is 0 Å². The fraction of sp³-hybridized carbons (Fsp3) is 0.435. The molecule has 3 nitrogen and oxygen atoms in total. The van der Waals surface area contributed by atoms with Crippen molar-refractivity contribution in [3.8, 4) is 5.75 Å². The predicted octanol–water partition coefficient (Wildman–Crippen LogP) is 5.31. The second kappa shape index (κ2) is 8.49. The van der Waals surface area contributed by atoms with Gasteiger partial charge in [-0.25, -0.2) is 0 Å². The molecule has 0 bridgehead atoms. The Balaban J connectivity index is 1.77. The third-order valence-corrected chi connectivity index (χ3v) is 7.07. The van der Waals surface area contributed by atoms with E-state index < -0.39 is 12.0 Å². The van der Waals surface area contributed by atoms with E-state index in [1.807, 2.05) is 50.2 Å². The summed E-state index contributed by atoms with van der Waals surface area (Å²) < 4.78 is 5.37. The van der Waals surface area contributed by atoms with Crippen molar-refractivity contribution in [2.24, 2.45) is 5.92 Å². The number of rotatable bonds is 6. The first-order valence-corrected chi connectivity index (χ1v) is 10.4. The molecule has 0 saturated heterocycles. The molecule has 4 heteroatoms. The summed E-state index contributed by atoms with van der Waals surface area (Å²) in [7, 11) is 0. The molecule has 1 aliphatic rings. The highest BCUT2D eigenvalue weighted by Gasteiger charge is 2.46. The molecule has 3 rings (SSSR count). The van der Waals surface area contributed by atoms with E-state index >= 15 is 0 Å². The summed E-state index contributed by atoms with van der Waals surface area (Å²) in [6.07, 6.45) is 3.23. The molecule has 1 saturated carbocycles. The number of thioether (sulfide) groups is 1. The zero-order valence-electron chi connectivity index (χ0n) is 16.3. The Morgan fingerprint density at radius 2 is 1.63 bits per heavy atom. The Morgan fingerprint density at radius 1 is 1.04 bits per heavy atom. The summed E-state index contributed by atoms with van der Waals surface area (Å²) in [5.74, 6) is -0.337. The number of hydrogen-bond acceptors (Lipinski definition) is 4. The second-order valence-electron chi connectivity index (χ2n) is 7.56. The molecule has 144 valence electrons. The number of carbonyl (C=O) groups is 1. The lowest BCUT2D eigenvalue weighted by Crippen LogP contribution is -2.44. The number of esters is 1. The lowest BCUT2D eigenvalue weighted by Gasteiger charge is -2.36. The van der Waals surface area contributed by atoms with Gasteiger partial charge in [0.25, 0.3) is 0 Å².